The Balaban J connectivity index is 1.71. The second kappa shape index (κ2) is 10.7. The van der Waals surface area contributed by atoms with Gasteiger partial charge in [0.15, 0.2) is 0 Å². The highest BCUT2D eigenvalue weighted by Crippen LogP contribution is 2.27. The summed E-state index contributed by atoms with van der Waals surface area (Å²) in [5.41, 5.74) is 11.2. The monoisotopic (exact) mass is 419 g/mol. The Kier molecular flexibility index (Phi) is 7.79. The maximum atomic E-state index is 13.1. The van der Waals surface area contributed by atoms with E-state index < -0.39 is 6.04 Å². The van der Waals surface area contributed by atoms with E-state index in [1.165, 1.54) is 18.7 Å². The molecule has 0 radical (unpaired) electrons. The van der Waals surface area contributed by atoms with E-state index >= 15 is 0 Å². The highest BCUT2D eigenvalue weighted by atomic mass is 19.1. The minimum atomic E-state index is -0.475. The van der Waals surface area contributed by atoms with Crippen LogP contribution < -0.4 is 10.6 Å². The molecule has 1 aliphatic rings. The third-order valence-electron chi connectivity index (χ3n) is 5.46. The molecule has 162 valence electrons. The lowest BCUT2D eigenvalue weighted by Gasteiger charge is -2.38. The molecular weight excluding hydrogens is 389 g/mol. The highest BCUT2D eigenvalue weighted by molar-refractivity contribution is 5.69. The number of hydrogen-bond donors (Lipinski definition) is 1. The second-order valence-corrected chi connectivity index (χ2v) is 7.78. The highest BCUT2D eigenvalue weighted by Gasteiger charge is 2.18. The number of anilines is 1. The number of nitrogens with two attached hydrogens (primary N) is 1. The van der Waals surface area contributed by atoms with Crippen LogP contribution in [-0.2, 0) is 11.2 Å². The van der Waals surface area contributed by atoms with E-state index in [1.54, 1.807) is 12.2 Å². The van der Waals surface area contributed by atoms with Crippen molar-refractivity contribution < 1.29 is 9.18 Å². The van der Waals surface area contributed by atoms with Crippen LogP contribution in [0.2, 0.25) is 0 Å². The first kappa shape index (κ1) is 22.5. The largest absolute Gasteiger partial charge is 0.368 e. The lowest BCUT2D eigenvalue weighted by Crippen LogP contribution is -2.45. The van der Waals surface area contributed by atoms with Crippen LogP contribution in [0.15, 0.2) is 84.9 Å². The van der Waals surface area contributed by atoms with E-state index in [1.807, 2.05) is 12.1 Å². The normalized spacial score (nSPS) is 16.2. The molecule has 1 fully saturated rings. The lowest BCUT2D eigenvalue weighted by molar-refractivity contribution is -0.108. The average molecular weight is 420 g/mol. The van der Waals surface area contributed by atoms with Gasteiger partial charge in [0, 0.05) is 37.6 Å². The Morgan fingerprint density at radius 2 is 1.77 bits per heavy atom. The Bertz CT molecular complexity index is 970. The van der Waals surface area contributed by atoms with Gasteiger partial charge in [-0.25, -0.2) is 4.39 Å². The summed E-state index contributed by atoms with van der Waals surface area (Å²) in [4.78, 5) is 15.5. The predicted molar refractivity (Wildman–Crippen MR) is 127 cm³/mol. The molecule has 5 heteroatoms. The summed E-state index contributed by atoms with van der Waals surface area (Å²) < 4.78 is 13.1. The van der Waals surface area contributed by atoms with Gasteiger partial charge in [-0.2, -0.15) is 0 Å². The fourth-order valence-corrected chi connectivity index (χ4v) is 3.81. The van der Waals surface area contributed by atoms with Crippen LogP contribution in [0.4, 0.5) is 10.1 Å². The van der Waals surface area contributed by atoms with Gasteiger partial charge >= 0.3 is 0 Å². The van der Waals surface area contributed by atoms with Gasteiger partial charge in [-0.05, 0) is 60.4 Å². The zero-order valence-corrected chi connectivity index (χ0v) is 18.0. The fourth-order valence-electron chi connectivity index (χ4n) is 3.81. The summed E-state index contributed by atoms with van der Waals surface area (Å²) in [6.07, 6.45) is 6.36. The molecule has 0 aliphatic carbocycles. The molecule has 1 aliphatic heterocycles. The molecule has 1 unspecified atom stereocenters. The van der Waals surface area contributed by atoms with Crippen LogP contribution in [0.1, 0.15) is 12.5 Å². The average Bonchev–Trinajstić information content (AvgIpc) is 2.80. The quantitative estimate of drug-likeness (QED) is 0.506. The topological polar surface area (TPSA) is 49.6 Å². The van der Waals surface area contributed by atoms with E-state index in [4.69, 9.17) is 5.73 Å². The van der Waals surface area contributed by atoms with E-state index in [0.717, 1.165) is 54.9 Å². The van der Waals surface area contributed by atoms with Crippen molar-refractivity contribution in [2.45, 2.75) is 19.4 Å². The van der Waals surface area contributed by atoms with Crippen LogP contribution in [0.3, 0.4) is 0 Å². The zero-order valence-electron chi connectivity index (χ0n) is 18.0. The zero-order chi connectivity index (χ0) is 22.2. The molecule has 1 heterocycles. The van der Waals surface area contributed by atoms with Gasteiger partial charge in [-0.15, -0.1) is 0 Å². The number of allylic oxidation sites excluding steroid dienone is 4. The third-order valence-corrected chi connectivity index (χ3v) is 5.46. The fraction of sp³-hybridized carbons (Fsp3) is 0.269. The Morgan fingerprint density at radius 1 is 1.10 bits per heavy atom. The number of carbonyl (C=O) groups is 1. The van der Waals surface area contributed by atoms with Gasteiger partial charge < -0.3 is 20.3 Å². The van der Waals surface area contributed by atoms with Crippen molar-refractivity contribution in [3.63, 3.8) is 0 Å². The number of benzene rings is 2. The second-order valence-electron chi connectivity index (χ2n) is 7.78. The Labute approximate surface area is 184 Å². The summed E-state index contributed by atoms with van der Waals surface area (Å²) in [7, 11) is 0. The van der Waals surface area contributed by atoms with Crippen molar-refractivity contribution in [1.82, 2.24) is 4.90 Å². The van der Waals surface area contributed by atoms with Crippen molar-refractivity contribution in [1.29, 1.82) is 0 Å². The summed E-state index contributed by atoms with van der Waals surface area (Å²) in [5.74, 6) is -0.216. The predicted octanol–water partition coefficient (Wildman–Crippen LogP) is 4.49. The van der Waals surface area contributed by atoms with Gasteiger partial charge in [0.1, 0.15) is 6.29 Å². The molecule has 1 saturated heterocycles. The number of rotatable bonds is 8. The lowest BCUT2D eigenvalue weighted by atomic mass is 9.99. The van der Waals surface area contributed by atoms with E-state index in [0.29, 0.717) is 6.42 Å². The molecule has 1 atom stereocenters. The molecule has 2 aromatic rings. The number of halogens is 1. The first-order chi connectivity index (χ1) is 15.0. The third kappa shape index (κ3) is 6.15. The van der Waals surface area contributed by atoms with Gasteiger partial charge in [-0.3, -0.25) is 0 Å². The van der Waals surface area contributed by atoms with E-state index in [2.05, 4.69) is 52.8 Å². The van der Waals surface area contributed by atoms with Gasteiger partial charge in [0.2, 0.25) is 0 Å². The van der Waals surface area contributed by atoms with E-state index in [-0.39, 0.29) is 5.83 Å². The van der Waals surface area contributed by atoms with Crippen LogP contribution in [0, 0.1) is 0 Å². The van der Waals surface area contributed by atoms with Crippen molar-refractivity contribution in [3.8, 4) is 11.1 Å². The molecule has 3 rings (SSSR count). The minimum Gasteiger partial charge on any atom is -0.368 e. The molecule has 31 heavy (non-hydrogen) atoms. The maximum Gasteiger partial charge on any atom is 0.137 e. The van der Waals surface area contributed by atoms with Crippen molar-refractivity contribution >= 4 is 12.0 Å². The van der Waals surface area contributed by atoms with Crippen molar-refractivity contribution in [2.24, 2.45) is 5.73 Å². The SMILES string of the molecule is C=C/C(=C\C=C(/C)F)N1CCN(c2cccc(-c3cccc(CC(N)C=O)c3)c2)CC1. The smallest absolute Gasteiger partial charge is 0.137 e. The number of hydrogen-bond acceptors (Lipinski definition) is 4. The molecule has 0 spiro atoms. The van der Waals surface area contributed by atoms with Crippen LogP contribution in [0.25, 0.3) is 11.1 Å². The molecule has 0 aromatic heterocycles. The van der Waals surface area contributed by atoms with Gasteiger partial charge in [-0.1, -0.05) is 43.0 Å². The molecule has 2 aromatic carbocycles. The minimum absolute atomic E-state index is 0.216. The van der Waals surface area contributed by atoms with Crippen LogP contribution in [-0.4, -0.2) is 43.4 Å². The Morgan fingerprint density at radius 3 is 2.42 bits per heavy atom. The number of nitrogens with zero attached hydrogens (tertiary/aromatic N) is 2. The van der Waals surface area contributed by atoms with Crippen molar-refractivity contribution in [3.05, 3.63) is 90.4 Å². The summed E-state index contributed by atoms with van der Waals surface area (Å²) in [5, 5.41) is 0. The number of piperazine rings is 1. The summed E-state index contributed by atoms with van der Waals surface area (Å²) >= 11 is 0. The molecule has 0 amide bonds. The Hall–Kier alpha value is -3.18. The van der Waals surface area contributed by atoms with Crippen LogP contribution in [0.5, 0.6) is 0 Å². The number of aldehydes is 1. The summed E-state index contributed by atoms with van der Waals surface area (Å²) in [6.45, 7) is 8.75. The van der Waals surface area contributed by atoms with E-state index in [9.17, 15) is 9.18 Å². The molecule has 2 N–H and O–H groups in total. The molecule has 0 bridgehead atoms. The molecular formula is C26H30FN3O. The summed E-state index contributed by atoms with van der Waals surface area (Å²) in [6, 6.07) is 16.2. The molecule has 4 nitrogen and oxygen atoms in total. The molecule has 0 saturated carbocycles. The number of carbonyl (C=O) groups excluding carboxylic acids is 1. The standard InChI is InChI=1S/C26H30FN3O/c1-3-25(11-10-20(2)27)29-12-14-30(15-13-29)26-9-5-8-23(18-26)22-7-4-6-21(16-22)17-24(28)19-31/h3-11,16,18-19,24H,1,12-15,17,28H2,2H3/b20-10+,25-11+. The van der Waals surface area contributed by atoms with Crippen molar-refractivity contribution in [2.75, 3.05) is 31.1 Å². The maximum absolute atomic E-state index is 13.1. The van der Waals surface area contributed by atoms with Gasteiger partial charge in [0.05, 0.1) is 11.9 Å². The first-order valence-corrected chi connectivity index (χ1v) is 10.6. The van der Waals surface area contributed by atoms with Gasteiger partial charge in [0.25, 0.3) is 0 Å². The van der Waals surface area contributed by atoms with Crippen LogP contribution >= 0.6 is 0 Å². The first-order valence-electron chi connectivity index (χ1n) is 10.6.